The topological polar surface area (TPSA) is 74.8 Å². The van der Waals surface area contributed by atoms with Crippen molar-refractivity contribution in [1.82, 2.24) is 20.1 Å². The molecule has 0 radical (unpaired) electrons. The summed E-state index contributed by atoms with van der Waals surface area (Å²) in [6, 6.07) is 11.6. The van der Waals surface area contributed by atoms with Crippen LogP contribution in [0.15, 0.2) is 48.8 Å². The van der Waals surface area contributed by atoms with Crippen molar-refractivity contribution in [3.63, 3.8) is 0 Å². The highest BCUT2D eigenvalue weighted by Gasteiger charge is 2.25. The molecule has 1 aromatic heterocycles. The van der Waals surface area contributed by atoms with Gasteiger partial charge in [0.1, 0.15) is 5.75 Å². The van der Waals surface area contributed by atoms with Crippen molar-refractivity contribution in [3.05, 3.63) is 59.9 Å². The minimum absolute atomic E-state index is 0.0221. The summed E-state index contributed by atoms with van der Waals surface area (Å²) in [4.78, 5) is 32.2. The molecule has 7 heteroatoms. The first-order valence-corrected chi connectivity index (χ1v) is 9.86. The lowest BCUT2D eigenvalue weighted by molar-refractivity contribution is -0.132. The standard InChI is InChI=1S/C22H28N4O3/c1-25-16-19(5-8-21(25)27)24-22(28)26(15-18-9-12-23-13-10-18)14-11-17-3-6-20(29-2)7-4-17/h3-4,6-7,9-10,12-13,19H,5,8,11,14-16H2,1-2H3,(H,24,28)/t19-/m1/s1. The van der Waals surface area contributed by atoms with Crippen molar-refractivity contribution in [2.45, 2.75) is 31.8 Å². The van der Waals surface area contributed by atoms with E-state index in [0.717, 1.165) is 23.3 Å². The average Bonchev–Trinajstić information content (AvgIpc) is 2.74. The number of nitrogens with zero attached hydrogens (tertiary/aromatic N) is 3. The van der Waals surface area contributed by atoms with E-state index in [2.05, 4.69) is 10.3 Å². The number of aromatic nitrogens is 1. The van der Waals surface area contributed by atoms with Gasteiger partial charge in [-0.05, 0) is 48.2 Å². The van der Waals surface area contributed by atoms with E-state index >= 15 is 0 Å². The molecule has 1 N–H and O–H groups in total. The summed E-state index contributed by atoms with van der Waals surface area (Å²) >= 11 is 0. The number of piperidine rings is 1. The van der Waals surface area contributed by atoms with Gasteiger partial charge in [-0.25, -0.2) is 4.79 Å². The van der Waals surface area contributed by atoms with Crippen LogP contribution in [0.25, 0.3) is 0 Å². The van der Waals surface area contributed by atoms with Crippen LogP contribution < -0.4 is 10.1 Å². The Balaban J connectivity index is 1.64. The van der Waals surface area contributed by atoms with Gasteiger partial charge in [0, 0.05) is 51.5 Å². The number of methoxy groups -OCH3 is 1. The van der Waals surface area contributed by atoms with Crippen molar-refractivity contribution in [1.29, 1.82) is 0 Å². The van der Waals surface area contributed by atoms with Crippen molar-refractivity contribution < 1.29 is 14.3 Å². The minimum Gasteiger partial charge on any atom is -0.497 e. The molecular weight excluding hydrogens is 368 g/mol. The Morgan fingerprint density at radius 2 is 1.93 bits per heavy atom. The Morgan fingerprint density at radius 1 is 1.21 bits per heavy atom. The van der Waals surface area contributed by atoms with Gasteiger partial charge in [0.15, 0.2) is 0 Å². The van der Waals surface area contributed by atoms with Gasteiger partial charge in [0.2, 0.25) is 5.91 Å². The minimum atomic E-state index is -0.108. The summed E-state index contributed by atoms with van der Waals surface area (Å²) in [6.07, 6.45) is 5.35. The number of nitrogens with one attached hydrogen (secondary N) is 1. The van der Waals surface area contributed by atoms with Gasteiger partial charge in [-0.1, -0.05) is 12.1 Å². The van der Waals surface area contributed by atoms with E-state index in [1.165, 1.54) is 0 Å². The third-order valence-corrected chi connectivity index (χ3v) is 5.19. The van der Waals surface area contributed by atoms with Crippen LogP contribution in [0.4, 0.5) is 4.79 Å². The molecule has 1 fully saturated rings. The van der Waals surface area contributed by atoms with Crippen molar-refractivity contribution in [3.8, 4) is 5.75 Å². The molecule has 3 amide bonds. The Morgan fingerprint density at radius 3 is 2.59 bits per heavy atom. The van der Waals surface area contributed by atoms with E-state index in [1.807, 2.05) is 41.3 Å². The van der Waals surface area contributed by atoms with Gasteiger partial charge in [0.25, 0.3) is 0 Å². The molecule has 1 aliphatic rings. The Labute approximate surface area is 171 Å². The van der Waals surface area contributed by atoms with Gasteiger partial charge < -0.3 is 19.9 Å². The van der Waals surface area contributed by atoms with Crippen LogP contribution in [-0.4, -0.2) is 60.0 Å². The molecule has 0 saturated carbocycles. The smallest absolute Gasteiger partial charge is 0.317 e. The summed E-state index contributed by atoms with van der Waals surface area (Å²) in [5.74, 6) is 0.944. The van der Waals surface area contributed by atoms with E-state index in [0.29, 0.717) is 32.5 Å². The quantitative estimate of drug-likeness (QED) is 0.780. The first kappa shape index (κ1) is 20.6. The van der Waals surface area contributed by atoms with Crippen molar-refractivity contribution in [2.75, 3.05) is 27.2 Å². The van der Waals surface area contributed by atoms with E-state index in [9.17, 15) is 9.59 Å². The highest BCUT2D eigenvalue weighted by atomic mass is 16.5. The zero-order chi connectivity index (χ0) is 20.6. The fourth-order valence-electron chi connectivity index (χ4n) is 3.41. The third kappa shape index (κ3) is 5.94. The number of hydrogen-bond donors (Lipinski definition) is 1. The lowest BCUT2D eigenvalue weighted by Gasteiger charge is -2.32. The van der Waals surface area contributed by atoms with Gasteiger partial charge in [0.05, 0.1) is 7.11 Å². The first-order chi connectivity index (χ1) is 14.0. The molecule has 2 heterocycles. The van der Waals surface area contributed by atoms with E-state index < -0.39 is 0 Å². The summed E-state index contributed by atoms with van der Waals surface area (Å²) < 4.78 is 5.20. The van der Waals surface area contributed by atoms with Crippen LogP contribution in [0.3, 0.4) is 0 Å². The highest BCUT2D eigenvalue weighted by molar-refractivity contribution is 5.78. The van der Waals surface area contributed by atoms with Gasteiger partial charge in [-0.15, -0.1) is 0 Å². The zero-order valence-electron chi connectivity index (χ0n) is 17.0. The van der Waals surface area contributed by atoms with Crippen LogP contribution in [0, 0.1) is 0 Å². The third-order valence-electron chi connectivity index (χ3n) is 5.19. The lowest BCUT2D eigenvalue weighted by Crippen LogP contribution is -2.52. The summed E-state index contributed by atoms with van der Waals surface area (Å²) in [7, 11) is 3.42. The first-order valence-electron chi connectivity index (χ1n) is 9.86. The molecule has 154 valence electrons. The normalized spacial score (nSPS) is 16.4. The number of ether oxygens (including phenoxy) is 1. The summed E-state index contributed by atoms with van der Waals surface area (Å²) in [5, 5.41) is 3.10. The lowest BCUT2D eigenvalue weighted by atomic mass is 10.1. The predicted octanol–water partition coefficient (Wildman–Crippen LogP) is 2.47. The number of likely N-dealkylation sites (N-methyl/N-ethyl adjacent to an activating group) is 1. The molecule has 1 aliphatic heterocycles. The SMILES string of the molecule is COc1ccc(CCN(Cc2ccncc2)C(=O)N[C@@H]2CCC(=O)N(C)C2)cc1. The predicted molar refractivity (Wildman–Crippen MR) is 111 cm³/mol. The molecule has 2 aromatic rings. The Bertz CT molecular complexity index is 811. The average molecular weight is 396 g/mol. The number of likely N-dealkylation sites (tertiary alicyclic amines) is 1. The second-order valence-corrected chi connectivity index (χ2v) is 7.33. The maximum atomic E-state index is 13.0. The number of amides is 3. The summed E-state index contributed by atoms with van der Waals surface area (Å²) in [6.45, 7) is 1.64. The molecule has 7 nitrogen and oxygen atoms in total. The number of urea groups is 1. The molecule has 1 atom stereocenters. The highest BCUT2D eigenvalue weighted by Crippen LogP contribution is 2.14. The maximum Gasteiger partial charge on any atom is 0.317 e. The maximum absolute atomic E-state index is 13.0. The van der Waals surface area contributed by atoms with Crippen LogP contribution in [-0.2, 0) is 17.8 Å². The molecule has 0 bridgehead atoms. The van der Waals surface area contributed by atoms with Crippen LogP contribution >= 0.6 is 0 Å². The molecule has 29 heavy (non-hydrogen) atoms. The van der Waals surface area contributed by atoms with Gasteiger partial charge in [-0.2, -0.15) is 0 Å². The van der Waals surface area contributed by atoms with Crippen LogP contribution in [0.2, 0.25) is 0 Å². The molecule has 1 saturated heterocycles. The number of carbonyl (C=O) groups is 2. The van der Waals surface area contributed by atoms with Crippen molar-refractivity contribution in [2.24, 2.45) is 0 Å². The Hall–Kier alpha value is -3.09. The van der Waals surface area contributed by atoms with Crippen LogP contribution in [0.1, 0.15) is 24.0 Å². The Kier molecular flexibility index (Phi) is 7.05. The molecule has 0 aliphatic carbocycles. The fourth-order valence-corrected chi connectivity index (χ4v) is 3.41. The number of hydrogen-bond acceptors (Lipinski definition) is 4. The number of carbonyl (C=O) groups excluding carboxylic acids is 2. The van der Waals surface area contributed by atoms with Gasteiger partial charge in [-0.3, -0.25) is 9.78 Å². The van der Waals surface area contributed by atoms with Crippen molar-refractivity contribution >= 4 is 11.9 Å². The summed E-state index contributed by atoms with van der Waals surface area (Å²) in [5.41, 5.74) is 2.17. The molecule has 1 aromatic carbocycles. The molecule has 0 unspecified atom stereocenters. The number of rotatable bonds is 7. The number of pyridine rings is 1. The molecule has 3 rings (SSSR count). The monoisotopic (exact) mass is 396 g/mol. The van der Waals surface area contributed by atoms with Crippen LogP contribution in [0.5, 0.6) is 5.75 Å². The molecular formula is C22H28N4O3. The van der Waals surface area contributed by atoms with Gasteiger partial charge >= 0.3 is 6.03 Å². The zero-order valence-corrected chi connectivity index (χ0v) is 17.0. The number of benzene rings is 1. The molecule has 0 spiro atoms. The fraction of sp³-hybridized carbons (Fsp3) is 0.409. The second-order valence-electron chi connectivity index (χ2n) is 7.33. The van der Waals surface area contributed by atoms with E-state index in [4.69, 9.17) is 4.74 Å². The largest absolute Gasteiger partial charge is 0.497 e. The van der Waals surface area contributed by atoms with E-state index in [1.54, 1.807) is 31.5 Å². The second kappa shape index (κ2) is 9.91. The van der Waals surface area contributed by atoms with E-state index in [-0.39, 0.29) is 18.0 Å².